The summed E-state index contributed by atoms with van der Waals surface area (Å²) in [4.78, 5) is 5.16. The van der Waals surface area contributed by atoms with Crippen molar-refractivity contribution in [3.8, 4) is 0 Å². The van der Waals surface area contributed by atoms with Crippen LogP contribution < -0.4 is 4.90 Å². The fraction of sp³-hybridized carbons (Fsp3) is 0.474. The van der Waals surface area contributed by atoms with Gasteiger partial charge in [0.1, 0.15) is 4.90 Å². The van der Waals surface area contributed by atoms with E-state index in [2.05, 4.69) is 65.9 Å². The second-order valence-electron chi connectivity index (χ2n) is 7.01. The molecule has 154 valence electrons. The third kappa shape index (κ3) is 4.99. The highest BCUT2D eigenvalue weighted by Crippen LogP contribution is 2.37. The van der Waals surface area contributed by atoms with Crippen LogP contribution in [-0.4, -0.2) is 63.4 Å². The molecule has 1 aliphatic heterocycles. The van der Waals surface area contributed by atoms with E-state index in [1.54, 1.807) is 12.4 Å². The number of nitrogens with zero attached hydrogens (tertiary/aromatic N) is 3. The monoisotopic (exact) mass is 549 g/mol. The third-order valence-electron chi connectivity index (χ3n) is 5.29. The van der Waals surface area contributed by atoms with Gasteiger partial charge < -0.3 is 4.90 Å². The van der Waals surface area contributed by atoms with Crippen molar-refractivity contribution in [2.24, 2.45) is 0 Å². The van der Waals surface area contributed by atoms with Crippen molar-refractivity contribution in [2.75, 3.05) is 44.7 Å². The molecule has 5 nitrogen and oxygen atoms in total. The molecule has 1 atom stereocenters. The van der Waals surface area contributed by atoms with Crippen LogP contribution in [0.5, 0.6) is 0 Å². The molecule has 0 unspecified atom stereocenters. The number of piperazine rings is 1. The number of sulfonamides is 1. The number of thiophene rings is 1. The Kier molecular flexibility index (Phi) is 7.60. The van der Waals surface area contributed by atoms with E-state index in [-0.39, 0.29) is 6.04 Å². The maximum Gasteiger partial charge on any atom is 0.245 e. The summed E-state index contributed by atoms with van der Waals surface area (Å²) < 4.78 is 28.7. The minimum absolute atomic E-state index is 0.0669. The maximum atomic E-state index is 12.9. The third-order valence-corrected chi connectivity index (χ3v) is 11.0. The molecule has 0 spiro atoms. The summed E-state index contributed by atoms with van der Waals surface area (Å²) in [6.45, 7) is 6.89. The Balaban J connectivity index is 1.52. The minimum Gasteiger partial charge on any atom is -0.369 e. The highest BCUT2D eigenvalue weighted by atomic mass is 79.9. The Labute approximate surface area is 188 Å². The SMILES string of the molecule is C[C@H](CCN1CCN(c2ccccc2)CC1)N(C)S(=O)(=O)c1csc(Br)c1Br. The molecule has 1 aromatic carbocycles. The summed E-state index contributed by atoms with van der Waals surface area (Å²) in [6, 6.07) is 10.4. The average Bonchev–Trinajstić information content (AvgIpc) is 3.06. The van der Waals surface area contributed by atoms with Crippen LogP contribution in [0.15, 0.2) is 48.9 Å². The zero-order valence-corrected chi connectivity index (χ0v) is 20.8. The fourth-order valence-corrected chi connectivity index (χ4v) is 7.53. The molecule has 0 N–H and O–H groups in total. The van der Waals surface area contributed by atoms with Gasteiger partial charge in [-0.25, -0.2) is 8.42 Å². The summed E-state index contributed by atoms with van der Waals surface area (Å²) in [6.07, 6.45) is 0.810. The Bertz CT molecular complexity index is 882. The van der Waals surface area contributed by atoms with Crippen molar-refractivity contribution in [3.63, 3.8) is 0 Å². The lowest BCUT2D eigenvalue weighted by Gasteiger charge is -2.37. The van der Waals surface area contributed by atoms with Crippen LogP contribution in [0.3, 0.4) is 0 Å². The van der Waals surface area contributed by atoms with E-state index in [4.69, 9.17) is 0 Å². The molecule has 1 aromatic heterocycles. The van der Waals surface area contributed by atoms with E-state index in [0.717, 1.165) is 42.9 Å². The van der Waals surface area contributed by atoms with Crippen LogP contribution in [0.25, 0.3) is 0 Å². The molecule has 0 aliphatic carbocycles. The van der Waals surface area contributed by atoms with Gasteiger partial charge in [-0.15, -0.1) is 11.3 Å². The van der Waals surface area contributed by atoms with Crippen LogP contribution in [0.2, 0.25) is 0 Å². The summed E-state index contributed by atoms with van der Waals surface area (Å²) in [7, 11) is -1.83. The highest BCUT2D eigenvalue weighted by Gasteiger charge is 2.29. The molecule has 0 saturated carbocycles. The predicted octanol–water partition coefficient (Wildman–Crippen LogP) is 4.49. The molecule has 0 amide bonds. The number of para-hydroxylation sites is 1. The predicted molar refractivity (Wildman–Crippen MR) is 124 cm³/mol. The molecular formula is C19H25Br2N3O2S2. The fourth-order valence-electron chi connectivity index (χ4n) is 3.29. The minimum atomic E-state index is -3.51. The van der Waals surface area contributed by atoms with Gasteiger partial charge in [0, 0.05) is 50.3 Å². The summed E-state index contributed by atoms with van der Waals surface area (Å²) >= 11 is 8.12. The molecule has 3 rings (SSSR count). The molecule has 28 heavy (non-hydrogen) atoms. The first kappa shape index (κ1) is 22.2. The molecule has 0 bridgehead atoms. The lowest BCUT2D eigenvalue weighted by molar-refractivity contribution is 0.232. The molecule has 1 aliphatic rings. The van der Waals surface area contributed by atoms with Crippen LogP contribution in [0.1, 0.15) is 13.3 Å². The second kappa shape index (κ2) is 9.57. The van der Waals surface area contributed by atoms with Gasteiger partial charge in [-0.2, -0.15) is 4.31 Å². The van der Waals surface area contributed by atoms with Crippen molar-refractivity contribution < 1.29 is 8.42 Å². The van der Waals surface area contributed by atoms with E-state index in [0.29, 0.717) is 9.37 Å². The van der Waals surface area contributed by atoms with Gasteiger partial charge in [-0.05, 0) is 63.9 Å². The number of rotatable bonds is 7. The largest absolute Gasteiger partial charge is 0.369 e. The van der Waals surface area contributed by atoms with Gasteiger partial charge in [0.25, 0.3) is 0 Å². The molecular weight excluding hydrogens is 526 g/mol. The standard InChI is InChI=1S/C19H25Br2N3O2S2/c1-15(22(2)28(25,26)17-14-27-19(21)18(17)20)8-9-23-10-12-24(13-11-23)16-6-4-3-5-7-16/h3-7,14-15H,8-13H2,1-2H3/t15-/m1/s1. The average molecular weight is 551 g/mol. The van der Waals surface area contributed by atoms with Gasteiger partial charge in [0.15, 0.2) is 0 Å². The normalized spacial score (nSPS) is 17.2. The maximum absolute atomic E-state index is 12.9. The number of halogens is 2. The molecule has 0 radical (unpaired) electrons. The van der Waals surface area contributed by atoms with Gasteiger partial charge in [-0.3, -0.25) is 4.90 Å². The highest BCUT2D eigenvalue weighted by molar-refractivity contribution is 9.13. The Morgan fingerprint density at radius 3 is 2.36 bits per heavy atom. The van der Waals surface area contributed by atoms with Gasteiger partial charge in [-0.1, -0.05) is 18.2 Å². The first-order valence-electron chi connectivity index (χ1n) is 9.23. The van der Waals surface area contributed by atoms with Crippen molar-refractivity contribution in [3.05, 3.63) is 44.0 Å². The van der Waals surface area contributed by atoms with E-state index >= 15 is 0 Å². The molecule has 1 fully saturated rings. The first-order chi connectivity index (χ1) is 13.3. The second-order valence-corrected chi connectivity index (χ2v) is 12.0. The van der Waals surface area contributed by atoms with Crippen molar-refractivity contribution in [1.29, 1.82) is 0 Å². The molecule has 2 heterocycles. The van der Waals surface area contributed by atoms with Gasteiger partial charge in [0.05, 0.1) is 8.26 Å². The summed E-state index contributed by atoms with van der Waals surface area (Å²) in [5, 5.41) is 1.68. The van der Waals surface area contributed by atoms with Crippen molar-refractivity contribution in [1.82, 2.24) is 9.21 Å². The smallest absolute Gasteiger partial charge is 0.245 e. The zero-order chi connectivity index (χ0) is 20.3. The Morgan fingerprint density at radius 1 is 1.14 bits per heavy atom. The van der Waals surface area contributed by atoms with Crippen LogP contribution in [0, 0.1) is 0 Å². The van der Waals surface area contributed by atoms with E-state index < -0.39 is 10.0 Å². The first-order valence-corrected chi connectivity index (χ1v) is 13.1. The lowest BCUT2D eigenvalue weighted by atomic mass is 10.2. The molecule has 1 saturated heterocycles. The summed E-state index contributed by atoms with van der Waals surface area (Å²) in [5.41, 5.74) is 1.27. The number of hydrogen-bond donors (Lipinski definition) is 0. The number of anilines is 1. The lowest BCUT2D eigenvalue weighted by Crippen LogP contribution is -2.47. The molecule has 9 heteroatoms. The quantitative estimate of drug-likeness (QED) is 0.509. The van der Waals surface area contributed by atoms with E-state index in [1.807, 2.05) is 13.0 Å². The van der Waals surface area contributed by atoms with Crippen LogP contribution in [-0.2, 0) is 10.0 Å². The summed E-state index contributed by atoms with van der Waals surface area (Å²) in [5.74, 6) is 0. The number of hydrogen-bond acceptors (Lipinski definition) is 5. The zero-order valence-electron chi connectivity index (χ0n) is 16.0. The van der Waals surface area contributed by atoms with Gasteiger partial charge in [0.2, 0.25) is 10.0 Å². The van der Waals surface area contributed by atoms with E-state index in [9.17, 15) is 8.42 Å². The van der Waals surface area contributed by atoms with Crippen LogP contribution in [0.4, 0.5) is 5.69 Å². The van der Waals surface area contributed by atoms with Crippen molar-refractivity contribution in [2.45, 2.75) is 24.3 Å². The van der Waals surface area contributed by atoms with E-state index in [1.165, 1.54) is 21.3 Å². The van der Waals surface area contributed by atoms with Gasteiger partial charge >= 0.3 is 0 Å². The topological polar surface area (TPSA) is 43.9 Å². The molecule has 2 aromatic rings. The van der Waals surface area contributed by atoms with Crippen molar-refractivity contribution >= 4 is 58.9 Å². The number of benzene rings is 1. The Morgan fingerprint density at radius 2 is 1.79 bits per heavy atom. The van der Waals surface area contributed by atoms with Crippen LogP contribution >= 0.6 is 43.2 Å². The Hall–Kier alpha value is -0.450.